The highest BCUT2D eigenvalue weighted by Crippen LogP contribution is 2.19. The Kier molecular flexibility index (Phi) is 5.91. The van der Waals surface area contributed by atoms with Crippen molar-refractivity contribution >= 4 is 22.5 Å². The van der Waals surface area contributed by atoms with E-state index < -0.39 is 6.10 Å². The fraction of sp³-hybridized carbons (Fsp3) is 0.500. The molecule has 2 aromatic heterocycles. The number of nitrogens with zero attached hydrogens (tertiary/aromatic N) is 2. The first-order valence-corrected chi connectivity index (χ1v) is 8.01. The van der Waals surface area contributed by atoms with Gasteiger partial charge in [-0.3, -0.25) is 5.32 Å². The highest BCUT2D eigenvalue weighted by molar-refractivity contribution is 7.15. The highest BCUT2D eigenvalue weighted by atomic mass is 32.1. The van der Waals surface area contributed by atoms with Crippen molar-refractivity contribution in [1.29, 1.82) is 0 Å². The summed E-state index contributed by atoms with van der Waals surface area (Å²) in [6.07, 6.45) is 2.96. The van der Waals surface area contributed by atoms with Crippen molar-refractivity contribution in [3.63, 3.8) is 0 Å². The Bertz CT molecular complexity index is 585. The Morgan fingerprint density at radius 3 is 3.00 bits per heavy atom. The van der Waals surface area contributed by atoms with E-state index in [4.69, 9.17) is 4.42 Å². The highest BCUT2D eigenvalue weighted by Gasteiger charge is 2.17. The van der Waals surface area contributed by atoms with Crippen molar-refractivity contribution in [2.24, 2.45) is 0 Å². The molecule has 0 aliphatic rings. The lowest BCUT2D eigenvalue weighted by molar-refractivity contribution is 0.130. The summed E-state index contributed by atoms with van der Waals surface area (Å²) in [6, 6.07) is 2.84. The number of carbonyl (C=O) groups is 1. The van der Waals surface area contributed by atoms with Crippen molar-refractivity contribution in [2.75, 3.05) is 5.32 Å². The van der Waals surface area contributed by atoms with Crippen LogP contribution in [0.1, 0.15) is 43.6 Å². The predicted octanol–water partition coefficient (Wildman–Crippen LogP) is 2.72. The Morgan fingerprint density at radius 1 is 1.50 bits per heavy atom. The van der Waals surface area contributed by atoms with E-state index in [9.17, 15) is 9.90 Å². The van der Waals surface area contributed by atoms with Gasteiger partial charge < -0.3 is 14.8 Å². The van der Waals surface area contributed by atoms with Gasteiger partial charge in [0.25, 0.3) is 0 Å². The smallest absolute Gasteiger partial charge is 0.321 e. The number of furan rings is 1. The third kappa shape index (κ3) is 4.81. The van der Waals surface area contributed by atoms with Crippen molar-refractivity contribution in [3.05, 3.63) is 29.2 Å². The first-order chi connectivity index (χ1) is 10.6. The largest absolute Gasteiger partial charge is 0.467 e. The van der Waals surface area contributed by atoms with Crippen LogP contribution in [0.3, 0.4) is 0 Å². The summed E-state index contributed by atoms with van der Waals surface area (Å²) in [5.74, 6) is 0.488. The first-order valence-electron chi connectivity index (χ1n) is 7.19. The van der Waals surface area contributed by atoms with Crippen molar-refractivity contribution in [3.8, 4) is 0 Å². The van der Waals surface area contributed by atoms with Crippen LogP contribution in [0.25, 0.3) is 0 Å². The summed E-state index contributed by atoms with van der Waals surface area (Å²) in [7, 11) is 0. The van der Waals surface area contributed by atoms with Crippen molar-refractivity contribution in [1.82, 2.24) is 15.5 Å². The van der Waals surface area contributed by atoms with Gasteiger partial charge in [0.05, 0.1) is 6.26 Å². The van der Waals surface area contributed by atoms with Crippen LogP contribution in [0.5, 0.6) is 0 Å². The minimum absolute atomic E-state index is 0.219. The van der Waals surface area contributed by atoms with Gasteiger partial charge in [-0.15, -0.1) is 10.2 Å². The third-order valence-corrected chi connectivity index (χ3v) is 3.88. The molecule has 3 N–H and O–H groups in total. The lowest BCUT2D eigenvalue weighted by Gasteiger charge is -2.16. The van der Waals surface area contributed by atoms with Gasteiger partial charge in [0.1, 0.15) is 16.9 Å². The predicted molar refractivity (Wildman–Crippen MR) is 83.8 cm³/mol. The van der Waals surface area contributed by atoms with Gasteiger partial charge in [-0.1, -0.05) is 18.3 Å². The second-order valence-corrected chi connectivity index (χ2v) is 6.08. The number of aliphatic hydroxyl groups is 1. The van der Waals surface area contributed by atoms with E-state index in [0.717, 1.165) is 17.8 Å². The molecule has 0 fully saturated rings. The molecule has 2 amide bonds. The molecule has 0 saturated carbocycles. The van der Waals surface area contributed by atoms with E-state index >= 15 is 0 Å². The number of aryl methyl sites for hydroxylation is 1. The molecule has 0 radical (unpaired) electrons. The molecule has 2 atom stereocenters. The van der Waals surface area contributed by atoms with E-state index in [1.807, 2.05) is 6.92 Å². The average molecular weight is 324 g/mol. The zero-order chi connectivity index (χ0) is 15.9. The molecule has 22 heavy (non-hydrogen) atoms. The fourth-order valence-corrected chi connectivity index (χ4v) is 2.80. The molecule has 0 spiro atoms. The number of anilines is 1. The quantitative estimate of drug-likeness (QED) is 0.727. The lowest BCUT2D eigenvalue weighted by atomic mass is 10.1. The van der Waals surface area contributed by atoms with Crippen LogP contribution in [0.15, 0.2) is 22.8 Å². The van der Waals surface area contributed by atoms with Crippen molar-refractivity contribution < 1.29 is 14.3 Å². The number of hydrogen-bond acceptors (Lipinski definition) is 6. The Morgan fingerprint density at radius 2 is 2.32 bits per heavy atom. The zero-order valence-corrected chi connectivity index (χ0v) is 13.4. The number of nitrogens with one attached hydrogen (secondary N) is 2. The van der Waals surface area contributed by atoms with Crippen LogP contribution in [0.2, 0.25) is 0 Å². The number of aromatic nitrogens is 2. The van der Waals surface area contributed by atoms with E-state index in [2.05, 4.69) is 27.8 Å². The number of carbonyl (C=O) groups excluding carboxylic acids is 1. The third-order valence-electron chi connectivity index (χ3n) is 2.98. The van der Waals surface area contributed by atoms with Gasteiger partial charge in [0.15, 0.2) is 0 Å². The van der Waals surface area contributed by atoms with E-state index in [0.29, 0.717) is 17.3 Å². The van der Waals surface area contributed by atoms with Crippen molar-refractivity contribution in [2.45, 2.75) is 45.3 Å². The number of urea groups is 1. The molecule has 2 heterocycles. The number of rotatable bonds is 7. The molecule has 2 aromatic rings. The molecule has 0 aliphatic heterocycles. The summed E-state index contributed by atoms with van der Waals surface area (Å²) in [5, 5.41) is 24.6. The molecule has 0 aliphatic carbocycles. The topological polar surface area (TPSA) is 100 Å². The van der Waals surface area contributed by atoms with Crippen LogP contribution in [0, 0.1) is 0 Å². The number of amides is 2. The number of aliphatic hydroxyl groups excluding tert-OH is 1. The summed E-state index contributed by atoms with van der Waals surface area (Å²) < 4.78 is 5.13. The van der Waals surface area contributed by atoms with Gasteiger partial charge in [-0.05, 0) is 25.5 Å². The summed E-state index contributed by atoms with van der Waals surface area (Å²) in [5.41, 5.74) is 0. The summed E-state index contributed by atoms with van der Waals surface area (Å²) >= 11 is 1.37. The molecule has 8 heteroatoms. The van der Waals surface area contributed by atoms with Crippen LogP contribution in [-0.2, 0) is 6.42 Å². The van der Waals surface area contributed by atoms with Crippen LogP contribution in [0.4, 0.5) is 9.93 Å². The molecule has 0 saturated heterocycles. The standard InChI is InChI=1S/C14H20N4O3S/c1-3-5-12-17-18-14(22-12)16-13(20)15-9(2)8-10(19)11-6-4-7-21-11/h4,6-7,9-10,19H,3,5,8H2,1-2H3,(H2,15,16,18,20)/t9-,10+/m1/s1. The second kappa shape index (κ2) is 7.90. The first kappa shape index (κ1) is 16.4. The maximum Gasteiger partial charge on any atom is 0.321 e. The van der Waals surface area contributed by atoms with Gasteiger partial charge >= 0.3 is 6.03 Å². The number of hydrogen-bond donors (Lipinski definition) is 3. The Balaban J connectivity index is 1.78. The van der Waals surface area contributed by atoms with Gasteiger partial charge in [0, 0.05) is 18.9 Å². The van der Waals surface area contributed by atoms with Crippen LogP contribution >= 0.6 is 11.3 Å². The minimum Gasteiger partial charge on any atom is -0.467 e. The molecular formula is C14H20N4O3S. The molecule has 2 rings (SSSR count). The fourth-order valence-electron chi connectivity index (χ4n) is 1.97. The molecular weight excluding hydrogens is 304 g/mol. The zero-order valence-electron chi connectivity index (χ0n) is 12.6. The Labute approximate surface area is 132 Å². The van der Waals surface area contributed by atoms with E-state index in [-0.39, 0.29) is 12.1 Å². The maximum atomic E-state index is 11.9. The lowest BCUT2D eigenvalue weighted by Crippen LogP contribution is -2.37. The van der Waals surface area contributed by atoms with Crippen LogP contribution < -0.4 is 10.6 Å². The summed E-state index contributed by atoms with van der Waals surface area (Å²) in [6.45, 7) is 3.88. The monoisotopic (exact) mass is 324 g/mol. The average Bonchev–Trinajstić information content (AvgIpc) is 3.10. The maximum absolute atomic E-state index is 11.9. The van der Waals surface area contributed by atoms with Gasteiger partial charge in [-0.25, -0.2) is 4.79 Å². The second-order valence-electron chi connectivity index (χ2n) is 5.02. The molecule has 7 nitrogen and oxygen atoms in total. The minimum atomic E-state index is -0.747. The van der Waals surface area contributed by atoms with Gasteiger partial charge in [0.2, 0.25) is 5.13 Å². The molecule has 0 bridgehead atoms. The normalized spacial score (nSPS) is 13.6. The SMILES string of the molecule is CCCc1nnc(NC(=O)N[C@H](C)C[C@H](O)c2ccco2)s1. The van der Waals surface area contributed by atoms with Gasteiger partial charge in [-0.2, -0.15) is 0 Å². The Hall–Kier alpha value is -1.93. The van der Waals surface area contributed by atoms with E-state index in [1.165, 1.54) is 17.6 Å². The van der Waals surface area contributed by atoms with Crippen LogP contribution in [-0.4, -0.2) is 27.4 Å². The van der Waals surface area contributed by atoms with E-state index in [1.54, 1.807) is 12.1 Å². The molecule has 0 aromatic carbocycles. The summed E-state index contributed by atoms with van der Waals surface area (Å²) in [4.78, 5) is 11.9. The molecule has 0 unspecified atom stereocenters. The molecule has 120 valence electrons.